The Hall–Kier alpha value is -2.05. The molecule has 0 amide bonds. The Morgan fingerprint density at radius 2 is 1.76 bits per heavy atom. The highest BCUT2D eigenvalue weighted by Gasteiger charge is 2.29. The van der Waals surface area contributed by atoms with Gasteiger partial charge in [-0.1, -0.05) is 38.5 Å². The van der Waals surface area contributed by atoms with Gasteiger partial charge < -0.3 is 4.74 Å². The minimum Gasteiger partial charge on any atom is -0.453 e. The average molecular weight is 361 g/mol. The molecule has 0 radical (unpaired) electrons. The monoisotopic (exact) mass is 361 g/mol. The molecule has 0 atom stereocenters. The van der Waals surface area contributed by atoms with E-state index in [9.17, 15) is 8.42 Å². The Morgan fingerprint density at radius 3 is 2.52 bits per heavy atom. The molecule has 0 spiro atoms. The van der Waals surface area contributed by atoms with Crippen molar-refractivity contribution in [3.05, 3.63) is 48.0 Å². The molecule has 2 aromatic rings. The molecule has 0 bridgehead atoms. The van der Waals surface area contributed by atoms with Crippen LogP contribution < -0.4 is 9.80 Å². The molecule has 2 aromatic carbocycles. The molecule has 0 unspecified atom stereocenters. The zero-order valence-electron chi connectivity index (χ0n) is 14.6. The third-order valence-corrected chi connectivity index (χ3v) is 5.29. The van der Waals surface area contributed by atoms with Gasteiger partial charge in [0.05, 0.1) is 5.75 Å². The Balaban J connectivity index is 2.03. The quantitative estimate of drug-likeness (QED) is 0.699. The van der Waals surface area contributed by atoms with E-state index < -0.39 is 10.1 Å². The van der Waals surface area contributed by atoms with Crippen molar-refractivity contribution in [3.63, 3.8) is 0 Å². The number of fused-ring (bicyclic) bond motifs is 2. The topological polar surface area (TPSA) is 55.8 Å². The van der Waals surface area contributed by atoms with Crippen LogP contribution in [0, 0.1) is 0 Å². The smallest absolute Gasteiger partial charge is 0.288 e. The van der Waals surface area contributed by atoms with Crippen molar-refractivity contribution in [3.8, 4) is 11.5 Å². The third-order valence-electron chi connectivity index (χ3n) is 4.01. The summed E-state index contributed by atoms with van der Waals surface area (Å²) in [6.45, 7) is 3.95. The molecule has 1 aliphatic heterocycles. The van der Waals surface area contributed by atoms with Crippen LogP contribution in [0.25, 0.3) is 0 Å². The van der Waals surface area contributed by atoms with Crippen LogP contribution in [-0.4, -0.2) is 14.2 Å². The fourth-order valence-corrected chi connectivity index (χ4v) is 3.75. The summed E-state index contributed by atoms with van der Waals surface area (Å²) >= 11 is 0. The molecule has 0 aromatic heterocycles. The van der Waals surface area contributed by atoms with Crippen LogP contribution in [-0.2, 0) is 20.8 Å². The number of rotatable bonds is 7. The maximum atomic E-state index is 12.3. The number of anilines is 2. The van der Waals surface area contributed by atoms with E-state index in [0.29, 0.717) is 29.3 Å². The van der Waals surface area contributed by atoms with Gasteiger partial charge in [-0.3, -0.25) is 0 Å². The minimum absolute atomic E-state index is 0.0304. The van der Waals surface area contributed by atoms with Crippen molar-refractivity contribution < 1.29 is 17.4 Å². The Labute approximate surface area is 149 Å². The minimum atomic E-state index is -3.68. The van der Waals surface area contributed by atoms with Gasteiger partial charge in [-0.25, -0.2) is 0 Å². The highest BCUT2D eigenvalue weighted by Crippen LogP contribution is 2.47. The van der Waals surface area contributed by atoms with E-state index >= 15 is 0 Å². The molecule has 3 rings (SSSR count). The van der Waals surface area contributed by atoms with Gasteiger partial charge in [0.15, 0.2) is 11.5 Å². The Kier molecular flexibility index (Phi) is 5.30. The van der Waals surface area contributed by atoms with Gasteiger partial charge in [0, 0.05) is 0 Å². The highest BCUT2D eigenvalue weighted by molar-refractivity contribution is 7.86. The summed E-state index contributed by atoms with van der Waals surface area (Å²) in [4.78, 5) is 0. The molecule has 0 N–H and O–H groups in total. The van der Waals surface area contributed by atoms with E-state index in [1.165, 1.54) is 5.06 Å². The molecular weight excluding hydrogens is 338 g/mol. The molecule has 0 saturated heterocycles. The number of para-hydroxylation sites is 2. The van der Waals surface area contributed by atoms with Gasteiger partial charge >= 0.3 is 0 Å². The van der Waals surface area contributed by atoms with Crippen molar-refractivity contribution in [2.75, 3.05) is 10.8 Å². The van der Waals surface area contributed by atoms with Gasteiger partial charge in [0.2, 0.25) is 0 Å². The van der Waals surface area contributed by atoms with Crippen LogP contribution >= 0.6 is 0 Å². The maximum Gasteiger partial charge on any atom is 0.288 e. The number of unbranched alkanes of at least 4 members (excludes halogenated alkanes) is 1. The predicted molar refractivity (Wildman–Crippen MR) is 98.9 cm³/mol. The molecule has 0 aliphatic carbocycles. The predicted octanol–water partition coefficient (Wildman–Crippen LogP) is 4.94. The van der Waals surface area contributed by atoms with Gasteiger partial charge in [-0.05, 0) is 49.1 Å². The number of hydrogen-bond donors (Lipinski definition) is 0. The van der Waals surface area contributed by atoms with Crippen LogP contribution in [0.15, 0.2) is 42.5 Å². The molecule has 1 heterocycles. The fourth-order valence-electron chi connectivity index (χ4n) is 2.78. The number of hydrogen-bond acceptors (Lipinski definition) is 5. The van der Waals surface area contributed by atoms with E-state index in [0.717, 1.165) is 24.8 Å². The SMILES string of the molecule is CCCCc1ccc2c(c1)N(OS(=O)(=O)CCC)c1ccccc1O2. The summed E-state index contributed by atoms with van der Waals surface area (Å²) in [6.07, 6.45) is 3.60. The zero-order valence-corrected chi connectivity index (χ0v) is 15.4. The van der Waals surface area contributed by atoms with E-state index in [1.807, 2.05) is 37.3 Å². The van der Waals surface area contributed by atoms with Gasteiger partial charge in [-0.15, -0.1) is 4.28 Å². The normalized spacial score (nSPS) is 13.1. The first-order valence-electron chi connectivity index (χ1n) is 8.66. The number of aryl methyl sites for hydroxylation is 1. The molecule has 25 heavy (non-hydrogen) atoms. The van der Waals surface area contributed by atoms with E-state index in [1.54, 1.807) is 12.1 Å². The summed E-state index contributed by atoms with van der Waals surface area (Å²) < 4.78 is 35.9. The first-order chi connectivity index (χ1) is 12.0. The van der Waals surface area contributed by atoms with Gasteiger partial charge in [0.1, 0.15) is 11.4 Å². The summed E-state index contributed by atoms with van der Waals surface area (Å²) in [5, 5.41) is 1.38. The first kappa shape index (κ1) is 17.8. The zero-order chi connectivity index (χ0) is 17.9. The average Bonchev–Trinajstić information content (AvgIpc) is 2.59. The molecule has 134 valence electrons. The molecule has 6 heteroatoms. The van der Waals surface area contributed by atoms with Crippen LogP contribution in [0.2, 0.25) is 0 Å². The second kappa shape index (κ2) is 7.45. The molecule has 5 nitrogen and oxygen atoms in total. The molecule has 1 aliphatic rings. The molecular formula is C19H23NO4S. The van der Waals surface area contributed by atoms with Crippen LogP contribution in [0.5, 0.6) is 11.5 Å². The van der Waals surface area contributed by atoms with Crippen LogP contribution in [0.4, 0.5) is 11.4 Å². The lowest BCUT2D eigenvalue weighted by Gasteiger charge is -2.31. The first-order valence-corrected chi connectivity index (χ1v) is 10.2. The molecule has 0 fully saturated rings. The van der Waals surface area contributed by atoms with Crippen LogP contribution in [0.1, 0.15) is 38.7 Å². The second-order valence-electron chi connectivity index (χ2n) is 6.11. The number of benzene rings is 2. The van der Waals surface area contributed by atoms with Crippen molar-refractivity contribution in [1.29, 1.82) is 0 Å². The highest BCUT2D eigenvalue weighted by atomic mass is 32.2. The lowest BCUT2D eigenvalue weighted by Crippen LogP contribution is -2.27. The second-order valence-corrected chi connectivity index (χ2v) is 7.78. The lowest BCUT2D eigenvalue weighted by molar-refractivity contribution is 0.308. The van der Waals surface area contributed by atoms with E-state index in [-0.39, 0.29) is 5.75 Å². The number of nitrogens with zero attached hydrogens (tertiary/aromatic N) is 1. The largest absolute Gasteiger partial charge is 0.453 e. The Morgan fingerprint density at radius 1 is 1.00 bits per heavy atom. The van der Waals surface area contributed by atoms with Crippen molar-refractivity contribution in [2.45, 2.75) is 39.5 Å². The Bertz CT molecular complexity index is 848. The van der Waals surface area contributed by atoms with E-state index in [4.69, 9.17) is 9.02 Å². The van der Waals surface area contributed by atoms with E-state index in [2.05, 4.69) is 6.92 Å². The van der Waals surface area contributed by atoms with Crippen molar-refractivity contribution in [2.24, 2.45) is 0 Å². The fraction of sp³-hybridized carbons (Fsp3) is 0.368. The van der Waals surface area contributed by atoms with Crippen molar-refractivity contribution >= 4 is 21.5 Å². The standard InChI is InChI=1S/C19H23NO4S/c1-3-5-8-15-11-12-19-17(14-15)20(24-25(21,22)13-4-2)16-9-6-7-10-18(16)23-19/h6-7,9-12,14H,3-5,8,13H2,1-2H3. The van der Waals surface area contributed by atoms with Gasteiger partial charge in [0.25, 0.3) is 10.1 Å². The summed E-state index contributed by atoms with van der Waals surface area (Å²) in [7, 11) is -3.68. The number of ether oxygens (including phenoxy) is 1. The molecule has 0 saturated carbocycles. The summed E-state index contributed by atoms with van der Waals surface area (Å²) in [5.74, 6) is 1.13. The third kappa shape index (κ3) is 3.96. The maximum absolute atomic E-state index is 12.3. The van der Waals surface area contributed by atoms with Crippen LogP contribution in [0.3, 0.4) is 0 Å². The summed E-state index contributed by atoms with van der Waals surface area (Å²) in [5.41, 5.74) is 2.33. The van der Waals surface area contributed by atoms with Crippen molar-refractivity contribution in [1.82, 2.24) is 0 Å². The summed E-state index contributed by atoms with van der Waals surface area (Å²) in [6, 6.07) is 13.1. The van der Waals surface area contributed by atoms with Gasteiger partial charge in [-0.2, -0.15) is 13.5 Å². The lowest BCUT2D eigenvalue weighted by atomic mass is 10.1.